The molecule has 1 N–H and O–H groups in total. The third-order valence-corrected chi connectivity index (χ3v) is 3.75. The summed E-state index contributed by atoms with van der Waals surface area (Å²) in [6.07, 6.45) is 2.56. The maximum Gasteiger partial charge on any atom is 0.306 e. The quantitative estimate of drug-likeness (QED) is 0.904. The molecule has 5 heteroatoms. The Hall–Kier alpha value is -2.30. The topological polar surface area (TPSA) is 54.4 Å². The van der Waals surface area contributed by atoms with Crippen molar-refractivity contribution in [2.75, 3.05) is 0 Å². The van der Waals surface area contributed by atoms with Crippen LogP contribution in [-0.2, 0) is 9.59 Å². The number of alkyl halides is 1. The van der Waals surface area contributed by atoms with Crippen molar-refractivity contribution in [2.24, 2.45) is 5.92 Å². The standard InChI is InChI=1S/C17H16F2O3/c1-11(16(21)22)9-15(20)17(19)10-13(18)7-8-14(17)12-5-3-2-4-6-12/h2-8,10-11,14H,9H2,1H3,(H,21,22). The number of hydrogen-bond acceptors (Lipinski definition) is 2. The lowest BCUT2D eigenvalue weighted by molar-refractivity contribution is -0.144. The Bertz CT molecular complexity index is 637. The van der Waals surface area contributed by atoms with E-state index in [-0.39, 0.29) is 0 Å². The van der Waals surface area contributed by atoms with Crippen LogP contribution in [0.15, 0.2) is 54.4 Å². The molecule has 3 nitrogen and oxygen atoms in total. The van der Waals surface area contributed by atoms with Crippen molar-refractivity contribution >= 4 is 11.8 Å². The van der Waals surface area contributed by atoms with Gasteiger partial charge in [-0.3, -0.25) is 9.59 Å². The second-order valence-electron chi connectivity index (χ2n) is 5.41. The summed E-state index contributed by atoms with van der Waals surface area (Å²) in [5.74, 6) is -4.97. The maximum atomic E-state index is 15.3. The molecule has 3 atom stereocenters. The van der Waals surface area contributed by atoms with Crippen LogP contribution in [0.2, 0.25) is 0 Å². The predicted molar refractivity (Wildman–Crippen MR) is 77.8 cm³/mol. The summed E-state index contributed by atoms with van der Waals surface area (Å²) in [4.78, 5) is 23.1. The highest BCUT2D eigenvalue weighted by atomic mass is 19.1. The van der Waals surface area contributed by atoms with Crippen LogP contribution in [0.1, 0.15) is 24.8 Å². The Morgan fingerprint density at radius 3 is 2.55 bits per heavy atom. The van der Waals surface area contributed by atoms with Gasteiger partial charge in [-0.05, 0) is 17.7 Å². The molecule has 0 aromatic heterocycles. The van der Waals surface area contributed by atoms with Crippen LogP contribution in [0.4, 0.5) is 8.78 Å². The molecule has 116 valence electrons. The third kappa shape index (κ3) is 3.13. The van der Waals surface area contributed by atoms with Crippen LogP contribution in [0.3, 0.4) is 0 Å². The fourth-order valence-corrected chi connectivity index (χ4v) is 2.46. The average molecular weight is 306 g/mol. The smallest absolute Gasteiger partial charge is 0.306 e. The number of benzene rings is 1. The average Bonchev–Trinajstić information content (AvgIpc) is 2.47. The number of rotatable bonds is 5. The lowest BCUT2D eigenvalue weighted by atomic mass is 9.76. The summed E-state index contributed by atoms with van der Waals surface area (Å²) in [5.41, 5.74) is -2.05. The Balaban J connectivity index is 2.36. The predicted octanol–water partition coefficient (Wildman–Crippen LogP) is 3.58. The molecule has 3 unspecified atom stereocenters. The Labute approximate surface area is 127 Å². The minimum Gasteiger partial charge on any atom is -0.481 e. The second-order valence-corrected chi connectivity index (χ2v) is 5.41. The molecular formula is C17H16F2O3. The summed E-state index contributed by atoms with van der Waals surface area (Å²) < 4.78 is 28.8. The van der Waals surface area contributed by atoms with Crippen molar-refractivity contribution in [1.29, 1.82) is 0 Å². The van der Waals surface area contributed by atoms with Gasteiger partial charge in [-0.1, -0.05) is 43.3 Å². The third-order valence-electron chi connectivity index (χ3n) is 3.75. The molecule has 0 amide bonds. The fraction of sp³-hybridized carbons (Fsp3) is 0.294. The van der Waals surface area contributed by atoms with Crippen LogP contribution >= 0.6 is 0 Å². The number of Topliss-reactive ketones (excluding diaryl/α,β-unsaturated/α-hetero) is 1. The number of carboxylic acids is 1. The first-order valence-electron chi connectivity index (χ1n) is 6.91. The minimum atomic E-state index is -2.58. The van der Waals surface area contributed by atoms with Gasteiger partial charge in [0.1, 0.15) is 5.83 Å². The zero-order valence-corrected chi connectivity index (χ0v) is 12.0. The summed E-state index contributed by atoms with van der Waals surface area (Å²) in [6, 6.07) is 8.44. The number of allylic oxidation sites excluding steroid dienone is 4. The molecule has 1 aromatic rings. The highest BCUT2D eigenvalue weighted by Gasteiger charge is 2.46. The molecular weight excluding hydrogens is 290 g/mol. The van der Waals surface area contributed by atoms with Gasteiger partial charge in [0.25, 0.3) is 0 Å². The Morgan fingerprint density at radius 2 is 1.95 bits per heavy atom. The van der Waals surface area contributed by atoms with Crippen molar-refractivity contribution in [3.8, 4) is 0 Å². The number of carbonyl (C=O) groups excluding carboxylic acids is 1. The van der Waals surface area contributed by atoms with Crippen molar-refractivity contribution in [3.63, 3.8) is 0 Å². The molecule has 1 aliphatic rings. The molecule has 22 heavy (non-hydrogen) atoms. The van der Waals surface area contributed by atoms with E-state index in [1.807, 2.05) is 0 Å². The van der Waals surface area contributed by atoms with E-state index in [9.17, 15) is 14.0 Å². The van der Waals surface area contributed by atoms with E-state index in [1.165, 1.54) is 13.0 Å². The number of ketones is 1. The lowest BCUT2D eigenvalue weighted by Crippen LogP contribution is -2.40. The maximum absolute atomic E-state index is 15.3. The van der Waals surface area contributed by atoms with Crippen LogP contribution in [-0.4, -0.2) is 22.5 Å². The molecule has 0 saturated heterocycles. The first kappa shape index (κ1) is 16.1. The van der Waals surface area contributed by atoms with Gasteiger partial charge in [-0.25, -0.2) is 8.78 Å². The van der Waals surface area contributed by atoms with E-state index >= 15 is 4.39 Å². The van der Waals surface area contributed by atoms with Gasteiger partial charge in [0.2, 0.25) is 0 Å². The fourth-order valence-electron chi connectivity index (χ4n) is 2.46. The second kappa shape index (κ2) is 6.22. The molecule has 1 aliphatic carbocycles. The summed E-state index contributed by atoms with van der Waals surface area (Å²) in [7, 11) is 0. The number of aliphatic carboxylic acids is 1. The molecule has 0 fully saturated rings. The molecule has 1 aromatic carbocycles. The minimum absolute atomic E-state index is 0.493. The van der Waals surface area contributed by atoms with Crippen molar-refractivity contribution in [1.82, 2.24) is 0 Å². The summed E-state index contributed by atoms with van der Waals surface area (Å²) in [6.45, 7) is 1.32. The van der Waals surface area contributed by atoms with E-state index in [2.05, 4.69) is 0 Å². The van der Waals surface area contributed by atoms with E-state index < -0.39 is 41.5 Å². The van der Waals surface area contributed by atoms with Gasteiger partial charge < -0.3 is 5.11 Å². The lowest BCUT2D eigenvalue weighted by Gasteiger charge is -2.31. The van der Waals surface area contributed by atoms with Crippen LogP contribution in [0.25, 0.3) is 0 Å². The zero-order valence-electron chi connectivity index (χ0n) is 12.0. The van der Waals surface area contributed by atoms with Gasteiger partial charge in [-0.15, -0.1) is 0 Å². The molecule has 0 spiro atoms. The first-order chi connectivity index (χ1) is 10.3. The summed E-state index contributed by atoms with van der Waals surface area (Å²) >= 11 is 0. The number of halogens is 2. The van der Waals surface area contributed by atoms with E-state index in [4.69, 9.17) is 5.11 Å². The molecule has 2 rings (SSSR count). The SMILES string of the molecule is CC(CC(=O)C1(F)C=C(F)C=CC1c1ccccc1)C(=O)O. The Kier molecular flexibility index (Phi) is 4.54. The molecule has 0 radical (unpaired) electrons. The zero-order chi connectivity index (χ0) is 16.3. The molecule has 0 heterocycles. The number of carboxylic acid groups (broad SMARTS) is 1. The first-order valence-corrected chi connectivity index (χ1v) is 6.91. The van der Waals surface area contributed by atoms with Gasteiger partial charge in [0.15, 0.2) is 11.5 Å². The number of carbonyl (C=O) groups is 2. The van der Waals surface area contributed by atoms with Crippen molar-refractivity contribution < 1.29 is 23.5 Å². The van der Waals surface area contributed by atoms with E-state index in [1.54, 1.807) is 30.3 Å². The van der Waals surface area contributed by atoms with E-state index in [0.717, 1.165) is 6.08 Å². The molecule has 0 saturated carbocycles. The molecule has 0 bridgehead atoms. The number of hydrogen-bond donors (Lipinski definition) is 1. The summed E-state index contributed by atoms with van der Waals surface area (Å²) in [5, 5.41) is 8.87. The highest BCUT2D eigenvalue weighted by molar-refractivity contribution is 5.93. The van der Waals surface area contributed by atoms with Gasteiger partial charge in [0.05, 0.1) is 5.92 Å². The highest BCUT2D eigenvalue weighted by Crippen LogP contribution is 2.40. The van der Waals surface area contributed by atoms with Gasteiger partial charge >= 0.3 is 5.97 Å². The Morgan fingerprint density at radius 1 is 1.32 bits per heavy atom. The normalized spacial score (nSPS) is 25.4. The van der Waals surface area contributed by atoms with E-state index in [0.29, 0.717) is 11.6 Å². The largest absolute Gasteiger partial charge is 0.481 e. The van der Waals surface area contributed by atoms with Crippen LogP contribution < -0.4 is 0 Å². The van der Waals surface area contributed by atoms with Crippen molar-refractivity contribution in [2.45, 2.75) is 24.9 Å². The monoisotopic (exact) mass is 306 g/mol. The van der Waals surface area contributed by atoms with Crippen LogP contribution in [0, 0.1) is 5.92 Å². The van der Waals surface area contributed by atoms with Gasteiger partial charge in [0, 0.05) is 12.3 Å². The van der Waals surface area contributed by atoms with Gasteiger partial charge in [-0.2, -0.15) is 0 Å². The van der Waals surface area contributed by atoms with Crippen molar-refractivity contribution in [3.05, 3.63) is 60.0 Å². The molecule has 0 aliphatic heterocycles. The van der Waals surface area contributed by atoms with Crippen LogP contribution in [0.5, 0.6) is 0 Å².